The first-order chi connectivity index (χ1) is 10.2. The number of halogens is 2. The summed E-state index contributed by atoms with van der Waals surface area (Å²) in [5, 5.41) is 1.36. The topological polar surface area (TPSA) is 35.6 Å². The Hall–Kier alpha value is -1.69. The Bertz CT molecular complexity index is 882. The van der Waals surface area contributed by atoms with Crippen molar-refractivity contribution >= 4 is 57.4 Å². The van der Waals surface area contributed by atoms with E-state index in [4.69, 9.17) is 23.2 Å². The van der Waals surface area contributed by atoms with Crippen molar-refractivity contribution in [2.75, 3.05) is 0 Å². The highest BCUT2D eigenvalue weighted by Crippen LogP contribution is 2.26. The molecule has 2 aromatic carbocycles. The van der Waals surface area contributed by atoms with Gasteiger partial charge in [0.1, 0.15) is 12.7 Å². The molecule has 4 aromatic rings. The Morgan fingerprint density at radius 1 is 0.762 bits per heavy atom. The van der Waals surface area contributed by atoms with Crippen LogP contribution in [-0.4, -0.2) is 17.9 Å². The normalized spacial score (nSPS) is 11.5. The predicted octanol–water partition coefficient (Wildman–Crippen LogP) is 4.65. The second kappa shape index (κ2) is 4.94. The van der Waals surface area contributed by atoms with Crippen molar-refractivity contribution in [3.05, 3.63) is 59.1 Å². The van der Waals surface area contributed by atoms with Crippen LogP contribution in [0.25, 0.3) is 22.1 Å². The lowest BCUT2D eigenvalue weighted by Crippen LogP contribution is -1.91. The van der Waals surface area contributed by atoms with Crippen molar-refractivity contribution in [2.24, 2.45) is 0 Å². The second-order valence-electron chi connectivity index (χ2n) is 4.49. The van der Waals surface area contributed by atoms with Crippen molar-refractivity contribution in [3.63, 3.8) is 0 Å². The maximum atomic E-state index is 5.98. The van der Waals surface area contributed by atoms with Gasteiger partial charge in [0, 0.05) is 10.0 Å². The van der Waals surface area contributed by atoms with Gasteiger partial charge in [-0.15, -0.1) is 0 Å². The zero-order valence-electron chi connectivity index (χ0n) is 10.6. The van der Waals surface area contributed by atoms with Crippen LogP contribution >= 0.6 is 35.3 Å². The molecule has 7 heteroatoms. The minimum absolute atomic E-state index is 0.681. The maximum absolute atomic E-state index is 5.98. The van der Waals surface area contributed by atoms with Crippen molar-refractivity contribution in [1.29, 1.82) is 0 Å². The molecule has 0 N–H and O–H groups in total. The van der Waals surface area contributed by atoms with Crippen LogP contribution in [0.5, 0.6) is 0 Å². The lowest BCUT2D eigenvalue weighted by Gasteiger charge is -2.04. The van der Waals surface area contributed by atoms with E-state index in [1.165, 1.54) is 12.1 Å². The fourth-order valence-corrected chi connectivity index (χ4v) is 3.34. The highest BCUT2D eigenvalue weighted by atomic mass is 35.5. The Kier molecular flexibility index (Phi) is 3.06. The number of rotatable bonds is 2. The number of hydrogen-bond acceptors (Lipinski definition) is 3. The first-order valence-electron chi connectivity index (χ1n) is 6.15. The van der Waals surface area contributed by atoms with Crippen LogP contribution in [0, 0.1) is 0 Å². The van der Waals surface area contributed by atoms with Crippen molar-refractivity contribution in [3.8, 4) is 0 Å². The summed E-state index contributed by atoms with van der Waals surface area (Å²) in [5.74, 6) is 0. The van der Waals surface area contributed by atoms with E-state index in [1.54, 1.807) is 12.7 Å². The Balaban J connectivity index is 1.79. The molecule has 0 unspecified atom stereocenters. The van der Waals surface area contributed by atoms with Crippen LogP contribution in [0.15, 0.2) is 49.1 Å². The van der Waals surface area contributed by atoms with Gasteiger partial charge in [-0.05, 0) is 36.4 Å². The molecule has 0 bridgehead atoms. The van der Waals surface area contributed by atoms with Gasteiger partial charge in [0.15, 0.2) is 0 Å². The summed E-state index contributed by atoms with van der Waals surface area (Å²) in [6.45, 7) is 0. The molecule has 2 aromatic heterocycles. The highest BCUT2D eigenvalue weighted by Gasteiger charge is 2.08. The molecule has 0 aliphatic carbocycles. The van der Waals surface area contributed by atoms with Gasteiger partial charge in [-0.25, -0.2) is 9.97 Å². The van der Waals surface area contributed by atoms with Crippen LogP contribution < -0.4 is 0 Å². The highest BCUT2D eigenvalue weighted by molar-refractivity contribution is 7.96. The number of aromatic nitrogens is 4. The smallest absolute Gasteiger partial charge is 0.108 e. The van der Waals surface area contributed by atoms with Crippen LogP contribution in [0.3, 0.4) is 0 Å². The molecular weight excluding hydrogens is 327 g/mol. The number of nitrogens with zero attached hydrogens (tertiary/aromatic N) is 4. The monoisotopic (exact) mass is 334 g/mol. The van der Waals surface area contributed by atoms with Crippen LogP contribution in [0.2, 0.25) is 10.0 Å². The number of fused-ring (bicyclic) bond motifs is 2. The quantitative estimate of drug-likeness (QED) is 0.535. The van der Waals surface area contributed by atoms with E-state index in [9.17, 15) is 0 Å². The largest absolute Gasteiger partial charge is 0.254 e. The van der Waals surface area contributed by atoms with Gasteiger partial charge in [0.2, 0.25) is 0 Å². The van der Waals surface area contributed by atoms with Gasteiger partial charge in [-0.1, -0.05) is 23.2 Å². The van der Waals surface area contributed by atoms with E-state index >= 15 is 0 Å². The summed E-state index contributed by atoms with van der Waals surface area (Å²) in [5.41, 5.74) is 3.73. The third-order valence-corrected chi connectivity index (χ3v) is 4.53. The molecular formula is C14H8Cl2N4S. The molecule has 0 radical (unpaired) electrons. The van der Waals surface area contributed by atoms with Crippen molar-refractivity contribution in [1.82, 2.24) is 17.9 Å². The lowest BCUT2D eigenvalue weighted by molar-refractivity contribution is 1.20. The summed E-state index contributed by atoms with van der Waals surface area (Å²) in [6.07, 6.45) is 3.54. The third kappa shape index (κ3) is 2.27. The summed E-state index contributed by atoms with van der Waals surface area (Å²) in [4.78, 5) is 8.71. The van der Waals surface area contributed by atoms with Crippen LogP contribution in [0.4, 0.5) is 0 Å². The first kappa shape index (κ1) is 13.0. The number of benzene rings is 2. The van der Waals surface area contributed by atoms with E-state index in [0.29, 0.717) is 10.0 Å². The molecule has 0 fully saturated rings. The van der Waals surface area contributed by atoms with E-state index < -0.39 is 0 Å². The van der Waals surface area contributed by atoms with Crippen molar-refractivity contribution < 1.29 is 0 Å². The SMILES string of the molecule is Clc1ccc2c(c1)ncn2Sn1cnc2cc(Cl)ccc21. The van der Waals surface area contributed by atoms with Crippen molar-refractivity contribution in [2.45, 2.75) is 0 Å². The number of hydrogen-bond donors (Lipinski definition) is 0. The summed E-state index contributed by atoms with van der Waals surface area (Å²) < 4.78 is 3.95. The average Bonchev–Trinajstić information content (AvgIpc) is 3.03. The van der Waals surface area contributed by atoms with Gasteiger partial charge >= 0.3 is 0 Å². The summed E-state index contributed by atoms with van der Waals surface area (Å²) in [6, 6.07) is 11.3. The standard InChI is InChI=1S/C14H8Cl2N4S/c15-9-1-3-13-11(5-9)17-7-19(13)21-20-8-18-12-6-10(16)2-4-14(12)20/h1-8H. The Labute approximate surface area is 134 Å². The Morgan fingerprint density at radius 2 is 1.24 bits per heavy atom. The summed E-state index contributed by atoms with van der Waals surface area (Å²) >= 11 is 13.5. The van der Waals surface area contributed by atoms with Gasteiger partial charge in [0.05, 0.1) is 34.2 Å². The van der Waals surface area contributed by atoms with Crippen LogP contribution in [-0.2, 0) is 0 Å². The van der Waals surface area contributed by atoms with Gasteiger partial charge in [-0.3, -0.25) is 7.94 Å². The second-order valence-corrected chi connectivity index (χ2v) is 6.31. The molecule has 21 heavy (non-hydrogen) atoms. The van der Waals surface area contributed by atoms with E-state index in [1.807, 2.05) is 44.3 Å². The lowest BCUT2D eigenvalue weighted by atomic mass is 10.3. The van der Waals surface area contributed by atoms with E-state index in [0.717, 1.165) is 22.1 Å². The molecule has 2 heterocycles. The molecule has 0 atom stereocenters. The molecule has 0 amide bonds. The van der Waals surface area contributed by atoms with Gasteiger partial charge < -0.3 is 0 Å². The molecule has 0 aliphatic heterocycles. The van der Waals surface area contributed by atoms with Crippen LogP contribution in [0.1, 0.15) is 0 Å². The maximum Gasteiger partial charge on any atom is 0.108 e. The Morgan fingerprint density at radius 3 is 1.71 bits per heavy atom. The molecule has 0 saturated carbocycles. The van der Waals surface area contributed by atoms with E-state index in [2.05, 4.69) is 9.97 Å². The molecule has 0 aliphatic rings. The molecule has 104 valence electrons. The zero-order chi connectivity index (χ0) is 14.4. The zero-order valence-corrected chi connectivity index (χ0v) is 12.9. The number of imidazole rings is 2. The molecule has 0 spiro atoms. The van der Waals surface area contributed by atoms with Gasteiger partial charge in [-0.2, -0.15) is 0 Å². The summed E-state index contributed by atoms with van der Waals surface area (Å²) in [7, 11) is 0. The predicted molar refractivity (Wildman–Crippen MR) is 87.9 cm³/mol. The fourth-order valence-electron chi connectivity index (χ4n) is 2.15. The van der Waals surface area contributed by atoms with Gasteiger partial charge in [0.25, 0.3) is 0 Å². The molecule has 0 saturated heterocycles. The first-order valence-corrected chi connectivity index (χ1v) is 7.63. The minimum atomic E-state index is 0.681. The third-order valence-electron chi connectivity index (χ3n) is 3.13. The minimum Gasteiger partial charge on any atom is -0.254 e. The molecule has 4 nitrogen and oxygen atoms in total. The molecule has 4 rings (SSSR count). The fraction of sp³-hybridized carbons (Fsp3) is 0. The van der Waals surface area contributed by atoms with E-state index in [-0.39, 0.29) is 0 Å². The average molecular weight is 335 g/mol.